The average molecular weight is 265 g/mol. The molecule has 0 aliphatic carbocycles. The summed E-state index contributed by atoms with van der Waals surface area (Å²) in [6.07, 6.45) is 1.30. The highest BCUT2D eigenvalue weighted by Gasteiger charge is 2.15. The number of rotatable bonds is 8. The van der Waals surface area contributed by atoms with Gasteiger partial charge < -0.3 is 14.8 Å². The lowest BCUT2D eigenvalue weighted by Crippen LogP contribution is -2.21. The molecule has 4 heteroatoms. The van der Waals surface area contributed by atoms with Crippen molar-refractivity contribution < 1.29 is 14.3 Å². The van der Waals surface area contributed by atoms with Crippen molar-refractivity contribution in [3.63, 3.8) is 0 Å². The van der Waals surface area contributed by atoms with E-state index in [1.54, 1.807) is 0 Å². The Morgan fingerprint density at radius 1 is 1.37 bits per heavy atom. The Balaban J connectivity index is 2.71. The van der Waals surface area contributed by atoms with Gasteiger partial charge in [0.25, 0.3) is 0 Å². The Morgan fingerprint density at radius 2 is 2.16 bits per heavy atom. The van der Waals surface area contributed by atoms with Gasteiger partial charge >= 0.3 is 5.97 Å². The largest absolute Gasteiger partial charge is 0.494 e. The SMILES string of the molecule is CCCOc1cccc(C(CC(=O)OCC)NC)c1. The van der Waals surface area contributed by atoms with Crippen LogP contribution >= 0.6 is 0 Å². The van der Waals surface area contributed by atoms with Crippen molar-refractivity contribution in [1.29, 1.82) is 0 Å². The summed E-state index contributed by atoms with van der Waals surface area (Å²) in [5.41, 5.74) is 1.03. The quantitative estimate of drug-likeness (QED) is 0.734. The van der Waals surface area contributed by atoms with Crippen molar-refractivity contribution in [1.82, 2.24) is 5.32 Å². The number of benzene rings is 1. The molecule has 0 spiro atoms. The van der Waals surface area contributed by atoms with Crippen LogP contribution in [0.25, 0.3) is 0 Å². The zero-order valence-corrected chi connectivity index (χ0v) is 11.9. The number of carbonyl (C=O) groups excluding carboxylic acids is 1. The zero-order valence-electron chi connectivity index (χ0n) is 11.9. The van der Waals surface area contributed by atoms with Crippen LogP contribution in [0.15, 0.2) is 24.3 Å². The van der Waals surface area contributed by atoms with Crippen molar-refractivity contribution >= 4 is 5.97 Å². The molecule has 1 aromatic rings. The van der Waals surface area contributed by atoms with E-state index < -0.39 is 0 Å². The second-order valence-electron chi connectivity index (χ2n) is 4.27. The lowest BCUT2D eigenvalue weighted by Gasteiger charge is -2.16. The summed E-state index contributed by atoms with van der Waals surface area (Å²) in [5, 5.41) is 3.13. The molecule has 1 atom stereocenters. The summed E-state index contributed by atoms with van der Waals surface area (Å²) in [7, 11) is 1.84. The maximum absolute atomic E-state index is 11.5. The van der Waals surface area contributed by atoms with Gasteiger partial charge in [0.15, 0.2) is 0 Å². The number of hydrogen-bond acceptors (Lipinski definition) is 4. The Kier molecular flexibility index (Phi) is 6.97. The van der Waals surface area contributed by atoms with Crippen LogP contribution in [-0.4, -0.2) is 26.2 Å². The predicted octanol–water partition coefficient (Wildman–Crippen LogP) is 2.69. The van der Waals surface area contributed by atoms with Gasteiger partial charge in [-0.3, -0.25) is 4.79 Å². The van der Waals surface area contributed by atoms with Crippen LogP contribution in [0.4, 0.5) is 0 Å². The van der Waals surface area contributed by atoms with Gasteiger partial charge in [-0.05, 0) is 38.1 Å². The summed E-state index contributed by atoms with van der Waals surface area (Å²) in [4.78, 5) is 11.5. The molecule has 0 aliphatic heterocycles. The maximum Gasteiger partial charge on any atom is 0.307 e. The molecule has 1 unspecified atom stereocenters. The molecule has 0 aliphatic rings. The highest BCUT2D eigenvalue weighted by atomic mass is 16.5. The molecule has 1 N–H and O–H groups in total. The lowest BCUT2D eigenvalue weighted by molar-refractivity contribution is -0.143. The first-order chi connectivity index (χ1) is 9.21. The van der Waals surface area contributed by atoms with E-state index >= 15 is 0 Å². The van der Waals surface area contributed by atoms with E-state index in [0.29, 0.717) is 19.6 Å². The van der Waals surface area contributed by atoms with Crippen LogP contribution in [0.3, 0.4) is 0 Å². The number of hydrogen-bond donors (Lipinski definition) is 1. The van der Waals surface area contributed by atoms with Crippen molar-refractivity contribution in [2.45, 2.75) is 32.7 Å². The third kappa shape index (κ3) is 5.30. The lowest BCUT2D eigenvalue weighted by atomic mass is 10.0. The highest BCUT2D eigenvalue weighted by Crippen LogP contribution is 2.22. The first kappa shape index (κ1) is 15.5. The molecule has 0 amide bonds. The molecule has 0 aromatic heterocycles. The van der Waals surface area contributed by atoms with Crippen LogP contribution in [-0.2, 0) is 9.53 Å². The smallest absolute Gasteiger partial charge is 0.307 e. The van der Waals surface area contributed by atoms with E-state index in [-0.39, 0.29) is 12.0 Å². The predicted molar refractivity (Wildman–Crippen MR) is 75.3 cm³/mol. The van der Waals surface area contributed by atoms with Crippen LogP contribution in [0.5, 0.6) is 5.75 Å². The molecule has 19 heavy (non-hydrogen) atoms. The molecular formula is C15H23NO3. The van der Waals surface area contributed by atoms with Crippen molar-refractivity contribution in [3.05, 3.63) is 29.8 Å². The zero-order chi connectivity index (χ0) is 14.1. The molecule has 0 radical (unpaired) electrons. The maximum atomic E-state index is 11.5. The average Bonchev–Trinajstić information content (AvgIpc) is 2.43. The summed E-state index contributed by atoms with van der Waals surface area (Å²) in [6, 6.07) is 7.77. The summed E-state index contributed by atoms with van der Waals surface area (Å²) in [5.74, 6) is 0.644. The molecule has 0 saturated heterocycles. The van der Waals surface area contributed by atoms with Gasteiger partial charge in [-0.15, -0.1) is 0 Å². The normalized spacial score (nSPS) is 11.9. The van der Waals surface area contributed by atoms with Crippen LogP contribution in [0.1, 0.15) is 38.3 Å². The Labute approximate surface area is 115 Å². The fourth-order valence-corrected chi connectivity index (χ4v) is 1.81. The van der Waals surface area contributed by atoms with E-state index in [0.717, 1.165) is 17.7 Å². The third-order valence-electron chi connectivity index (χ3n) is 2.76. The molecular weight excluding hydrogens is 242 g/mol. The summed E-state index contributed by atoms with van der Waals surface area (Å²) >= 11 is 0. The second kappa shape index (κ2) is 8.53. The second-order valence-corrected chi connectivity index (χ2v) is 4.27. The van der Waals surface area contributed by atoms with E-state index in [1.165, 1.54) is 0 Å². The van der Waals surface area contributed by atoms with Crippen LogP contribution in [0.2, 0.25) is 0 Å². The van der Waals surface area contributed by atoms with Crippen molar-refractivity contribution in [2.24, 2.45) is 0 Å². The van der Waals surface area contributed by atoms with Crippen LogP contribution < -0.4 is 10.1 Å². The Morgan fingerprint density at radius 3 is 2.79 bits per heavy atom. The van der Waals surface area contributed by atoms with E-state index in [2.05, 4.69) is 12.2 Å². The van der Waals surface area contributed by atoms with Gasteiger partial charge in [-0.2, -0.15) is 0 Å². The molecule has 106 valence electrons. The molecule has 1 rings (SSSR count). The van der Waals surface area contributed by atoms with Gasteiger partial charge in [-0.1, -0.05) is 19.1 Å². The first-order valence-corrected chi connectivity index (χ1v) is 6.76. The number of ether oxygens (including phenoxy) is 2. The van der Waals surface area contributed by atoms with Gasteiger partial charge in [0.1, 0.15) is 5.75 Å². The van der Waals surface area contributed by atoms with Gasteiger partial charge in [0, 0.05) is 6.04 Å². The molecule has 4 nitrogen and oxygen atoms in total. The molecule has 0 fully saturated rings. The third-order valence-corrected chi connectivity index (χ3v) is 2.76. The monoisotopic (exact) mass is 265 g/mol. The number of nitrogens with one attached hydrogen (secondary N) is 1. The van der Waals surface area contributed by atoms with Gasteiger partial charge in [0.2, 0.25) is 0 Å². The molecule has 0 saturated carbocycles. The fourth-order valence-electron chi connectivity index (χ4n) is 1.81. The Bertz CT molecular complexity index is 393. The topological polar surface area (TPSA) is 47.6 Å². The van der Waals surface area contributed by atoms with Gasteiger partial charge in [-0.25, -0.2) is 0 Å². The highest BCUT2D eigenvalue weighted by molar-refractivity contribution is 5.70. The number of carbonyl (C=O) groups is 1. The summed E-state index contributed by atoms with van der Waals surface area (Å²) in [6.45, 7) is 4.99. The molecule has 0 heterocycles. The van der Waals surface area contributed by atoms with Gasteiger partial charge in [0.05, 0.1) is 19.6 Å². The molecule has 1 aromatic carbocycles. The summed E-state index contributed by atoms with van der Waals surface area (Å²) < 4.78 is 10.6. The molecule has 0 bridgehead atoms. The van der Waals surface area contributed by atoms with E-state index in [9.17, 15) is 4.79 Å². The van der Waals surface area contributed by atoms with E-state index in [4.69, 9.17) is 9.47 Å². The number of esters is 1. The first-order valence-electron chi connectivity index (χ1n) is 6.76. The van der Waals surface area contributed by atoms with Crippen LogP contribution in [0, 0.1) is 0 Å². The minimum atomic E-state index is -0.193. The standard InChI is InChI=1S/C15H23NO3/c1-4-9-19-13-8-6-7-12(10-13)14(16-3)11-15(17)18-5-2/h6-8,10,14,16H,4-5,9,11H2,1-3H3. The minimum Gasteiger partial charge on any atom is -0.494 e. The fraction of sp³-hybridized carbons (Fsp3) is 0.533. The van der Waals surface area contributed by atoms with Crippen molar-refractivity contribution in [3.8, 4) is 5.75 Å². The Hall–Kier alpha value is -1.55. The minimum absolute atomic E-state index is 0.0516. The van der Waals surface area contributed by atoms with E-state index in [1.807, 2.05) is 38.2 Å². The van der Waals surface area contributed by atoms with Crippen molar-refractivity contribution in [2.75, 3.05) is 20.3 Å².